The normalized spacial score (nSPS) is 18.6. The van der Waals surface area contributed by atoms with Crippen molar-refractivity contribution in [2.24, 2.45) is 11.3 Å². The molecule has 0 nitrogen and oxygen atoms in total. The van der Waals surface area contributed by atoms with Crippen LogP contribution in [0.15, 0.2) is 71.9 Å². The van der Waals surface area contributed by atoms with Crippen molar-refractivity contribution in [1.82, 2.24) is 0 Å². The van der Waals surface area contributed by atoms with E-state index in [1.54, 1.807) is 5.57 Å². The second-order valence-corrected chi connectivity index (χ2v) is 9.41. The summed E-state index contributed by atoms with van der Waals surface area (Å²) in [4.78, 5) is 0. The van der Waals surface area contributed by atoms with Crippen LogP contribution in [0.1, 0.15) is 80.1 Å². The van der Waals surface area contributed by atoms with Crippen LogP contribution < -0.4 is 10.4 Å². The summed E-state index contributed by atoms with van der Waals surface area (Å²) >= 11 is 0. The third-order valence-electron chi connectivity index (χ3n) is 6.00. The third-order valence-corrected chi connectivity index (χ3v) is 6.00. The highest BCUT2D eigenvalue weighted by molar-refractivity contribution is 5.53. The number of hydrogen-bond donors (Lipinski definition) is 0. The van der Waals surface area contributed by atoms with Crippen LogP contribution in [0.4, 0.5) is 0 Å². The van der Waals surface area contributed by atoms with E-state index in [0.29, 0.717) is 5.92 Å². The Morgan fingerprint density at radius 2 is 1.83 bits per heavy atom. The summed E-state index contributed by atoms with van der Waals surface area (Å²) in [5.41, 5.74) is 4.78. The van der Waals surface area contributed by atoms with E-state index >= 15 is 0 Å². The topological polar surface area (TPSA) is 0 Å². The van der Waals surface area contributed by atoms with Gasteiger partial charge in [-0.15, -0.1) is 0 Å². The van der Waals surface area contributed by atoms with Gasteiger partial charge in [0.25, 0.3) is 0 Å². The highest BCUT2D eigenvalue weighted by atomic mass is 14.3. The molecule has 1 aromatic carbocycles. The van der Waals surface area contributed by atoms with E-state index in [4.69, 9.17) is 0 Å². The Bertz CT molecular complexity index is 915. The van der Waals surface area contributed by atoms with Gasteiger partial charge in [0.2, 0.25) is 0 Å². The summed E-state index contributed by atoms with van der Waals surface area (Å²) in [7, 11) is 0. The fourth-order valence-corrected chi connectivity index (χ4v) is 4.41. The maximum Gasteiger partial charge on any atom is -0.0101 e. The summed E-state index contributed by atoms with van der Waals surface area (Å²) in [6, 6.07) is 8.97. The molecule has 0 radical (unpaired) electrons. The molecule has 0 fully saturated rings. The monoisotopic (exact) mass is 402 g/mol. The lowest BCUT2D eigenvalue weighted by molar-refractivity contribution is 0.362. The Morgan fingerprint density at radius 3 is 2.57 bits per heavy atom. The van der Waals surface area contributed by atoms with Crippen LogP contribution in [0, 0.1) is 11.3 Å². The minimum Gasteiger partial charge on any atom is -0.0911 e. The molecule has 1 aromatic rings. The Balaban J connectivity index is 0.00000101. The van der Waals surface area contributed by atoms with Gasteiger partial charge in [-0.05, 0) is 73.3 Å². The molecule has 0 bridgehead atoms. The standard InChI is InChI=1S/C27H34.C3H8/c1-5-17-27(3,4)25-19-23-14-8-9-16-26(23)24(20-25)15-10-13-22-12-7-6-11-21(2)18-22;1-3-2/h5-9,12,14,16-19,25H,10-11,13,15,20H2,1-4H3;3H2,1-2H3. The van der Waals surface area contributed by atoms with Gasteiger partial charge >= 0.3 is 0 Å². The van der Waals surface area contributed by atoms with E-state index in [1.807, 2.05) is 0 Å². The van der Waals surface area contributed by atoms with Gasteiger partial charge in [0.15, 0.2) is 0 Å². The molecule has 1 atom stereocenters. The highest BCUT2D eigenvalue weighted by Gasteiger charge is 2.27. The fourth-order valence-electron chi connectivity index (χ4n) is 4.41. The first-order chi connectivity index (χ1) is 14.4. The van der Waals surface area contributed by atoms with Crippen LogP contribution >= 0.6 is 0 Å². The zero-order valence-electron chi connectivity index (χ0n) is 20.2. The predicted octanol–water partition coefficient (Wildman–Crippen LogP) is 7.66. The summed E-state index contributed by atoms with van der Waals surface area (Å²) in [5, 5.41) is 2.90. The number of fused-ring (bicyclic) bond motifs is 1. The minimum absolute atomic E-state index is 0.196. The van der Waals surface area contributed by atoms with E-state index in [9.17, 15) is 0 Å². The van der Waals surface area contributed by atoms with Gasteiger partial charge in [-0.1, -0.05) is 112 Å². The second-order valence-electron chi connectivity index (χ2n) is 9.41. The van der Waals surface area contributed by atoms with Gasteiger partial charge in [0, 0.05) is 0 Å². The molecule has 0 heterocycles. The molecule has 1 unspecified atom stereocenters. The highest BCUT2D eigenvalue weighted by Crippen LogP contribution is 2.36. The molecule has 0 amide bonds. The van der Waals surface area contributed by atoms with Crippen molar-refractivity contribution in [3.63, 3.8) is 0 Å². The zero-order chi connectivity index (χ0) is 22.0. The molecular formula is C30H42. The summed E-state index contributed by atoms with van der Waals surface area (Å²) in [6.07, 6.45) is 23.3. The Kier molecular flexibility index (Phi) is 9.63. The smallest absolute Gasteiger partial charge is 0.0101 e. The molecule has 0 aliphatic heterocycles. The maximum atomic E-state index is 2.50. The first-order valence-electron chi connectivity index (χ1n) is 11.9. The van der Waals surface area contributed by atoms with Gasteiger partial charge in [-0.2, -0.15) is 0 Å². The van der Waals surface area contributed by atoms with Crippen LogP contribution in [0.2, 0.25) is 0 Å². The molecule has 0 spiro atoms. The van der Waals surface area contributed by atoms with Crippen LogP contribution in [0.25, 0.3) is 11.6 Å². The van der Waals surface area contributed by atoms with Crippen LogP contribution in [0.5, 0.6) is 0 Å². The van der Waals surface area contributed by atoms with Crippen molar-refractivity contribution in [3.8, 4) is 0 Å². The third kappa shape index (κ3) is 7.01. The Morgan fingerprint density at radius 1 is 1.10 bits per heavy atom. The maximum absolute atomic E-state index is 2.50. The molecule has 3 rings (SSSR count). The fraction of sp³-hybridized carbons (Fsp3) is 0.467. The Hall–Kier alpha value is -2.08. The van der Waals surface area contributed by atoms with Crippen molar-refractivity contribution in [3.05, 3.63) is 82.3 Å². The average molecular weight is 403 g/mol. The van der Waals surface area contributed by atoms with Gasteiger partial charge < -0.3 is 0 Å². The molecule has 0 N–H and O–H groups in total. The summed E-state index contributed by atoms with van der Waals surface area (Å²) in [5.74, 6) is 0.570. The molecule has 0 saturated heterocycles. The van der Waals surface area contributed by atoms with E-state index < -0.39 is 0 Å². The first kappa shape index (κ1) is 24.2. The average Bonchev–Trinajstić information content (AvgIpc) is 2.92. The van der Waals surface area contributed by atoms with Gasteiger partial charge in [0.1, 0.15) is 0 Å². The quantitative estimate of drug-likeness (QED) is 0.428. The minimum atomic E-state index is 0.196. The van der Waals surface area contributed by atoms with Crippen LogP contribution in [-0.2, 0) is 0 Å². The van der Waals surface area contributed by atoms with E-state index in [0.717, 1.165) is 6.42 Å². The van der Waals surface area contributed by atoms with Gasteiger partial charge in [0.05, 0.1) is 0 Å². The SMILES string of the molecule is CC=CC(C)(C)C1C=c2ccccc2=C(CCCC2=CC=CCC(C)=C2)C1.CCC. The van der Waals surface area contributed by atoms with Crippen molar-refractivity contribution in [1.29, 1.82) is 0 Å². The Labute approximate surface area is 185 Å². The molecular weight excluding hydrogens is 360 g/mol. The van der Waals surface area contributed by atoms with E-state index in [-0.39, 0.29) is 5.41 Å². The molecule has 162 valence electrons. The molecule has 30 heavy (non-hydrogen) atoms. The lowest BCUT2D eigenvalue weighted by Crippen LogP contribution is -2.35. The summed E-state index contributed by atoms with van der Waals surface area (Å²) in [6.45, 7) is 13.4. The molecule has 2 aliphatic carbocycles. The lowest BCUT2D eigenvalue weighted by atomic mass is 9.72. The van der Waals surface area contributed by atoms with Crippen molar-refractivity contribution in [2.45, 2.75) is 80.1 Å². The summed E-state index contributed by atoms with van der Waals surface area (Å²) < 4.78 is 0. The molecule has 0 aromatic heterocycles. The second kappa shape index (κ2) is 11.9. The number of allylic oxidation sites excluding steroid dienone is 8. The molecule has 0 heteroatoms. The van der Waals surface area contributed by atoms with E-state index in [1.165, 1.54) is 53.7 Å². The number of rotatable bonds is 6. The predicted molar refractivity (Wildman–Crippen MR) is 136 cm³/mol. The first-order valence-corrected chi connectivity index (χ1v) is 11.9. The largest absolute Gasteiger partial charge is 0.0911 e. The number of benzene rings is 1. The van der Waals surface area contributed by atoms with E-state index in [2.05, 4.69) is 108 Å². The molecule has 0 saturated carbocycles. The van der Waals surface area contributed by atoms with Crippen LogP contribution in [0.3, 0.4) is 0 Å². The lowest BCUT2D eigenvalue weighted by Gasteiger charge is -2.32. The number of hydrogen-bond acceptors (Lipinski definition) is 0. The van der Waals surface area contributed by atoms with Crippen molar-refractivity contribution < 1.29 is 0 Å². The van der Waals surface area contributed by atoms with Crippen molar-refractivity contribution in [2.75, 3.05) is 0 Å². The van der Waals surface area contributed by atoms with Crippen molar-refractivity contribution >= 4 is 11.6 Å². The van der Waals surface area contributed by atoms with Gasteiger partial charge in [-0.3, -0.25) is 0 Å². The van der Waals surface area contributed by atoms with Crippen LogP contribution in [-0.4, -0.2) is 0 Å². The zero-order valence-corrected chi connectivity index (χ0v) is 20.2. The van der Waals surface area contributed by atoms with Gasteiger partial charge in [-0.25, -0.2) is 0 Å². The molecule has 2 aliphatic rings.